The van der Waals surface area contributed by atoms with E-state index in [4.69, 9.17) is 4.74 Å². The first-order valence-corrected chi connectivity index (χ1v) is 7.12. The Labute approximate surface area is 112 Å². The van der Waals surface area contributed by atoms with Crippen LogP contribution in [0.15, 0.2) is 24.3 Å². The Hall–Kier alpha value is -1.02. The van der Waals surface area contributed by atoms with Crippen LogP contribution >= 0.6 is 0 Å². The largest absolute Gasteiger partial charge is 0.494 e. The van der Waals surface area contributed by atoms with E-state index in [2.05, 4.69) is 57.3 Å². The highest BCUT2D eigenvalue weighted by Gasteiger charge is 2.09. The lowest BCUT2D eigenvalue weighted by molar-refractivity contribution is 0.317. The van der Waals surface area contributed by atoms with E-state index in [-0.39, 0.29) is 0 Å². The van der Waals surface area contributed by atoms with Crippen LogP contribution in [0.4, 0.5) is 0 Å². The van der Waals surface area contributed by atoms with Crippen LogP contribution in [0.3, 0.4) is 0 Å². The van der Waals surface area contributed by atoms with Gasteiger partial charge in [-0.05, 0) is 36.5 Å². The molecule has 0 saturated carbocycles. The summed E-state index contributed by atoms with van der Waals surface area (Å²) in [7, 11) is 0. The molecule has 1 aromatic rings. The van der Waals surface area contributed by atoms with Crippen molar-refractivity contribution >= 4 is 0 Å². The molecule has 0 aromatic heterocycles. The second-order valence-electron chi connectivity index (χ2n) is 5.13. The molecule has 0 heterocycles. The molecular formula is C16H27NO. The topological polar surface area (TPSA) is 21.3 Å². The predicted molar refractivity (Wildman–Crippen MR) is 78.0 cm³/mol. The highest BCUT2D eigenvalue weighted by molar-refractivity contribution is 5.27. The van der Waals surface area contributed by atoms with Gasteiger partial charge in [0.25, 0.3) is 0 Å². The van der Waals surface area contributed by atoms with Gasteiger partial charge in [0.05, 0.1) is 6.61 Å². The van der Waals surface area contributed by atoms with Crippen LogP contribution in [-0.4, -0.2) is 12.6 Å². The smallest absolute Gasteiger partial charge is 0.119 e. The van der Waals surface area contributed by atoms with Gasteiger partial charge in [0, 0.05) is 12.6 Å². The molecule has 0 amide bonds. The minimum atomic E-state index is 0.598. The van der Waals surface area contributed by atoms with Crippen LogP contribution in [0.25, 0.3) is 0 Å². The quantitative estimate of drug-likeness (QED) is 0.752. The van der Waals surface area contributed by atoms with E-state index in [1.807, 2.05) is 0 Å². The highest BCUT2D eigenvalue weighted by atomic mass is 16.5. The number of hydrogen-bond donors (Lipinski definition) is 1. The Kier molecular flexibility index (Phi) is 6.81. The molecule has 18 heavy (non-hydrogen) atoms. The van der Waals surface area contributed by atoms with Crippen LogP contribution in [-0.2, 0) is 6.54 Å². The lowest BCUT2D eigenvalue weighted by Crippen LogP contribution is -2.32. The highest BCUT2D eigenvalue weighted by Crippen LogP contribution is 2.13. The Morgan fingerprint density at radius 1 is 1.11 bits per heavy atom. The van der Waals surface area contributed by atoms with E-state index in [0.717, 1.165) is 25.3 Å². The molecule has 2 nitrogen and oxygen atoms in total. The van der Waals surface area contributed by atoms with E-state index in [9.17, 15) is 0 Å². The maximum atomic E-state index is 5.57. The Morgan fingerprint density at radius 2 is 1.78 bits per heavy atom. The van der Waals surface area contributed by atoms with E-state index >= 15 is 0 Å². The number of nitrogens with one attached hydrogen (secondary N) is 1. The van der Waals surface area contributed by atoms with Crippen LogP contribution in [0.2, 0.25) is 0 Å². The zero-order valence-corrected chi connectivity index (χ0v) is 12.2. The molecule has 1 N–H and O–H groups in total. The number of rotatable bonds is 8. The molecule has 1 atom stereocenters. The summed E-state index contributed by atoms with van der Waals surface area (Å²) in [6, 6.07) is 9.00. The van der Waals surface area contributed by atoms with Crippen LogP contribution in [0, 0.1) is 5.92 Å². The summed E-state index contributed by atoms with van der Waals surface area (Å²) in [6.07, 6.45) is 2.23. The molecule has 0 aliphatic rings. The average Bonchev–Trinajstić information content (AvgIpc) is 2.38. The summed E-state index contributed by atoms with van der Waals surface area (Å²) < 4.78 is 5.57. The molecule has 1 unspecified atom stereocenters. The molecule has 1 aromatic carbocycles. The second kappa shape index (κ2) is 8.15. The zero-order valence-electron chi connectivity index (χ0n) is 12.2. The molecular weight excluding hydrogens is 222 g/mol. The van der Waals surface area contributed by atoms with Gasteiger partial charge < -0.3 is 10.1 Å². The van der Waals surface area contributed by atoms with E-state index in [0.29, 0.717) is 12.0 Å². The molecule has 2 heteroatoms. The van der Waals surface area contributed by atoms with Crippen molar-refractivity contribution in [3.8, 4) is 5.75 Å². The molecule has 0 aliphatic carbocycles. The lowest BCUT2D eigenvalue weighted by Gasteiger charge is -2.20. The normalized spacial score (nSPS) is 12.7. The predicted octanol–water partition coefficient (Wildman–Crippen LogP) is 4.00. The maximum Gasteiger partial charge on any atom is 0.119 e. The molecule has 1 rings (SSSR count). The van der Waals surface area contributed by atoms with Crippen molar-refractivity contribution in [1.29, 1.82) is 0 Å². The minimum absolute atomic E-state index is 0.598. The summed E-state index contributed by atoms with van der Waals surface area (Å²) in [5.41, 5.74) is 1.32. The van der Waals surface area contributed by atoms with E-state index < -0.39 is 0 Å². The van der Waals surface area contributed by atoms with Crippen molar-refractivity contribution in [2.75, 3.05) is 6.61 Å². The fraction of sp³-hybridized carbons (Fsp3) is 0.625. The minimum Gasteiger partial charge on any atom is -0.494 e. The van der Waals surface area contributed by atoms with Gasteiger partial charge in [-0.2, -0.15) is 0 Å². The molecule has 102 valence electrons. The molecule has 0 bridgehead atoms. The second-order valence-corrected chi connectivity index (χ2v) is 5.13. The summed E-state index contributed by atoms with van der Waals surface area (Å²) in [5.74, 6) is 1.65. The Balaban J connectivity index is 2.43. The van der Waals surface area contributed by atoms with Gasteiger partial charge in [-0.3, -0.25) is 0 Å². The molecule has 0 saturated heterocycles. The maximum absolute atomic E-state index is 5.57. The number of benzene rings is 1. The third-order valence-electron chi connectivity index (χ3n) is 3.21. The van der Waals surface area contributed by atoms with E-state index in [1.165, 1.54) is 12.0 Å². The van der Waals surface area contributed by atoms with Gasteiger partial charge in [-0.15, -0.1) is 0 Å². The van der Waals surface area contributed by atoms with Gasteiger partial charge in [0.15, 0.2) is 0 Å². The van der Waals surface area contributed by atoms with Gasteiger partial charge in [0.2, 0.25) is 0 Å². The number of hydrogen-bond acceptors (Lipinski definition) is 2. The van der Waals surface area contributed by atoms with Gasteiger partial charge in [0.1, 0.15) is 5.75 Å². The zero-order chi connectivity index (χ0) is 13.4. The SMILES string of the molecule is CCCOc1ccc(CNC(CC)C(C)C)cc1. The summed E-state index contributed by atoms with van der Waals surface area (Å²) in [5, 5.41) is 3.61. The van der Waals surface area contributed by atoms with Crippen molar-refractivity contribution in [3.05, 3.63) is 29.8 Å². The Bertz CT molecular complexity index is 318. The first-order chi connectivity index (χ1) is 8.67. The van der Waals surface area contributed by atoms with Crippen molar-refractivity contribution in [2.45, 2.75) is 53.1 Å². The van der Waals surface area contributed by atoms with Crippen molar-refractivity contribution in [2.24, 2.45) is 5.92 Å². The van der Waals surface area contributed by atoms with Gasteiger partial charge in [-0.1, -0.05) is 39.8 Å². The number of ether oxygens (including phenoxy) is 1. The fourth-order valence-electron chi connectivity index (χ4n) is 2.02. The first-order valence-electron chi connectivity index (χ1n) is 7.12. The van der Waals surface area contributed by atoms with Crippen molar-refractivity contribution in [3.63, 3.8) is 0 Å². The molecule has 0 fully saturated rings. The first kappa shape index (κ1) is 15.0. The van der Waals surface area contributed by atoms with Gasteiger partial charge in [-0.25, -0.2) is 0 Å². The van der Waals surface area contributed by atoms with E-state index in [1.54, 1.807) is 0 Å². The summed E-state index contributed by atoms with van der Waals surface area (Å²) in [6.45, 7) is 10.6. The standard InChI is InChI=1S/C16H27NO/c1-5-11-18-15-9-7-14(8-10-15)12-17-16(6-2)13(3)4/h7-10,13,16-17H,5-6,11-12H2,1-4H3. The third kappa shape index (κ3) is 5.09. The van der Waals surface area contributed by atoms with Crippen LogP contribution in [0.1, 0.15) is 46.1 Å². The summed E-state index contributed by atoms with van der Waals surface area (Å²) >= 11 is 0. The van der Waals surface area contributed by atoms with Crippen LogP contribution in [0.5, 0.6) is 5.75 Å². The lowest BCUT2D eigenvalue weighted by atomic mass is 10.0. The monoisotopic (exact) mass is 249 g/mol. The third-order valence-corrected chi connectivity index (χ3v) is 3.21. The Morgan fingerprint density at radius 3 is 2.28 bits per heavy atom. The summed E-state index contributed by atoms with van der Waals surface area (Å²) in [4.78, 5) is 0. The van der Waals surface area contributed by atoms with Crippen LogP contribution < -0.4 is 10.1 Å². The molecule has 0 spiro atoms. The van der Waals surface area contributed by atoms with Gasteiger partial charge >= 0.3 is 0 Å². The molecule has 0 aliphatic heterocycles. The van der Waals surface area contributed by atoms with Crippen molar-refractivity contribution in [1.82, 2.24) is 5.32 Å². The molecule has 0 radical (unpaired) electrons. The van der Waals surface area contributed by atoms with Crippen molar-refractivity contribution < 1.29 is 4.74 Å². The fourth-order valence-corrected chi connectivity index (χ4v) is 2.02. The average molecular weight is 249 g/mol.